The Hall–Kier alpha value is -3.24. The van der Waals surface area contributed by atoms with Crippen LogP contribution in [0.25, 0.3) is 21.8 Å². The van der Waals surface area contributed by atoms with Crippen molar-refractivity contribution in [2.24, 2.45) is 0 Å². The fourth-order valence-electron chi connectivity index (χ4n) is 3.97. The molecule has 4 aromatic rings. The number of nitrogens with zero attached hydrogens (tertiary/aromatic N) is 1. The average molecular weight is 548 g/mol. The predicted octanol–water partition coefficient (Wildman–Crippen LogP) is 4.68. The summed E-state index contributed by atoms with van der Waals surface area (Å²) in [6, 6.07) is 11.1. The van der Waals surface area contributed by atoms with Crippen LogP contribution in [0.2, 0.25) is 0 Å². The predicted molar refractivity (Wildman–Crippen MR) is 133 cm³/mol. The fraction of sp³-hybridized carbons (Fsp3) is 0.208. The van der Waals surface area contributed by atoms with Crippen LogP contribution >= 0.6 is 15.9 Å². The van der Waals surface area contributed by atoms with Crippen molar-refractivity contribution in [2.75, 3.05) is 34.7 Å². The van der Waals surface area contributed by atoms with Gasteiger partial charge in [0.1, 0.15) is 5.52 Å². The van der Waals surface area contributed by atoms with Crippen LogP contribution < -0.4 is 18.9 Å². The van der Waals surface area contributed by atoms with Crippen LogP contribution in [-0.2, 0) is 9.84 Å². The molecular weight excluding hydrogens is 526 g/mol. The molecule has 0 N–H and O–H groups in total. The van der Waals surface area contributed by atoms with E-state index in [-0.39, 0.29) is 10.8 Å². The van der Waals surface area contributed by atoms with Gasteiger partial charge in [0.25, 0.3) is 5.91 Å². The largest absolute Gasteiger partial charge is 0.493 e. The number of carbonyl (C=O) groups excluding carboxylic acids is 1. The number of hydrogen-bond acceptors (Lipinski definition) is 7. The molecule has 0 saturated carbocycles. The van der Waals surface area contributed by atoms with Gasteiger partial charge < -0.3 is 18.9 Å². The summed E-state index contributed by atoms with van der Waals surface area (Å²) in [7, 11) is 2.67. The van der Waals surface area contributed by atoms with Gasteiger partial charge in [-0.1, -0.05) is 0 Å². The van der Waals surface area contributed by atoms with Gasteiger partial charge in [0.05, 0.1) is 38.9 Å². The minimum absolute atomic E-state index is 0.125. The van der Waals surface area contributed by atoms with Gasteiger partial charge in [-0.3, -0.25) is 9.36 Å². The molecule has 8 nitrogen and oxygen atoms in total. The average Bonchev–Trinajstić information content (AvgIpc) is 3.16. The van der Waals surface area contributed by atoms with Gasteiger partial charge in [0.2, 0.25) is 0 Å². The van der Waals surface area contributed by atoms with Crippen molar-refractivity contribution in [1.82, 2.24) is 4.57 Å². The summed E-state index contributed by atoms with van der Waals surface area (Å²) < 4.78 is 48.1. The third-order valence-electron chi connectivity index (χ3n) is 5.56. The lowest BCUT2D eigenvalue weighted by atomic mass is 10.1. The van der Waals surface area contributed by atoms with Crippen molar-refractivity contribution in [2.45, 2.75) is 4.90 Å². The maximum absolute atomic E-state index is 13.9. The highest BCUT2D eigenvalue weighted by Gasteiger charge is 2.26. The Morgan fingerprint density at radius 2 is 1.44 bits per heavy atom. The quantitative estimate of drug-likeness (QED) is 0.346. The van der Waals surface area contributed by atoms with E-state index in [1.807, 2.05) is 0 Å². The van der Waals surface area contributed by atoms with Crippen LogP contribution in [0.15, 0.2) is 51.8 Å². The first-order chi connectivity index (χ1) is 16.2. The molecule has 0 spiro atoms. The van der Waals surface area contributed by atoms with Crippen LogP contribution in [0.3, 0.4) is 0 Å². The molecule has 4 rings (SSSR count). The first-order valence-corrected chi connectivity index (χ1v) is 12.7. The summed E-state index contributed by atoms with van der Waals surface area (Å²) >= 11 is 3.61. The molecule has 0 atom stereocenters. The molecule has 0 saturated heterocycles. The lowest BCUT2D eigenvalue weighted by molar-refractivity contribution is 0.0969. The van der Waals surface area contributed by atoms with Gasteiger partial charge in [0, 0.05) is 33.1 Å². The summed E-state index contributed by atoms with van der Waals surface area (Å²) in [4.78, 5) is 14.0. The fourth-order valence-corrected chi connectivity index (χ4v) is 5.21. The van der Waals surface area contributed by atoms with Crippen molar-refractivity contribution in [3.63, 3.8) is 0 Å². The van der Waals surface area contributed by atoms with Crippen molar-refractivity contribution in [3.8, 4) is 23.0 Å². The number of hydrogen-bond donors (Lipinski definition) is 0. The lowest BCUT2D eigenvalue weighted by Gasteiger charge is -2.13. The van der Waals surface area contributed by atoms with Crippen molar-refractivity contribution in [1.29, 1.82) is 0 Å². The molecule has 10 heteroatoms. The molecule has 0 bridgehead atoms. The lowest BCUT2D eigenvalue weighted by Crippen LogP contribution is -2.13. The van der Waals surface area contributed by atoms with E-state index in [0.717, 1.165) is 17.0 Å². The molecule has 1 aromatic heterocycles. The highest BCUT2D eigenvalue weighted by atomic mass is 79.9. The Kier molecular flexibility index (Phi) is 6.22. The number of sulfone groups is 1. The second-order valence-electron chi connectivity index (χ2n) is 7.48. The van der Waals surface area contributed by atoms with Crippen LogP contribution in [0.4, 0.5) is 0 Å². The monoisotopic (exact) mass is 547 g/mol. The Labute approximate surface area is 205 Å². The maximum atomic E-state index is 13.9. The Bertz CT molecular complexity index is 1540. The van der Waals surface area contributed by atoms with E-state index in [4.69, 9.17) is 18.9 Å². The molecule has 3 aromatic carbocycles. The zero-order valence-corrected chi connectivity index (χ0v) is 21.5. The zero-order valence-electron chi connectivity index (χ0n) is 19.1. The van der Waals surface area contributed by atoms with Gasteiger partial charge in [0.15, 0.2) is 32.8 Å². The first kappa shape index (κ1) is 23.9. The number of benzene rings is 3. The number of carbonyl (C=O) groups is 1. The van der Waals surface area contributed by atoms with Gasteiger partial charge in [-0.2, -0.15) is 0 Å². The number of ether oxygens (including phenoxy) is 4. The number of aromatic nitrogens is 1. The van der Waals surface area contributed by atoms with Crippen molar-refractivity contribution < 1.29 is 32.2 Å². The van der Waals surface area contributed by atoms with E-state index >= 15 is 0 Å². The maximum Gasteiger partial charge on any atom is 0.263 e. The zero-order chi connectivity index (χ0) is 24.8. The van der Waals surface area contributed by atoms with Crippen LogP contribution in [0, 0.1) is 0 Å². The van der Waals surface area contributed by atoms with Gasteiger partial charge in [-0.05, 0) is 52.3 Å². The molecular formula is C24H22BrNO7S. The Balaban J connectivity index is 2.13. The summed E-state index contributed by atoms with van der Waals surface area (Å²) in [5.41, 5.74) is 1.33. The standard InChI is InChI=1S/C24H22BrNO7S/c1-30-18-10-15-17(12-19(18)31-2)26(22-21(15)16(25)11-20(32-3)23(22)33-4)24(27)13-6-8-14(9-7-13)34(5,28)29/h6-12H,1-5H3. The van der Waals surface area contributed by atoms with E-state index in [1.54, 1.807) is 18.2 Å². The van der Waals surface area contributed by atoms with Gasteiger partial charge in [-0.15, -0.1) is 0 Å². The molecule has 0 aliphatic rings. The van der Waals surface area contributed by atoms with Crippen LogP contribution in [0.1, 0.15) is 10.4 Å². The smallest absolute Gasteiger partial charge is 0.263 e. The van der Waals surface area contributed by atoms with Crippen LogP contribution in [0.5, 0.6) is 23.0 Å². The third kappa shape index (κ3) is 3.76. The molecule has 34 heavy (non-hydrogen) atoms. The first-order valence-electron chi connectivity index (χ1n) is 10.0. The SMILES string of the molecule is COc1cc2c3c(Br)cc(OC)c(OC)c3n(C(=O)c3ccc(S(C)(=O)=O)cc3)c2cc1OC. The molecule has 0 aliphatic heterocycles. The highest BCUT2D eigenvalue weighted by Crippen LogP contribution is 2.47. The highest BCUT2D eigenvalue weighted by molar-refractivity contribution is 9.10. The molecule has 1 heterocycles. The van der Waals surface area contributed by atoms with Gasteiger partial charge >= 0.3 is 0 Å². The molecule has 0 radical (unpaired) electrons. The van der Waals surface area contributed by atoms with E-state index < -0.39 is 9.84 Å². The number of methoxy groups -OCH3 is 4. The van der Waals surface area contributed by atoms with E-state index in [1.165, 1.54) is 57.3 Å². The Morgan fingerprint density at radius 1 is 0.853 bits per heavy atom. The molecule has 178 valence electrons. The molecule has 0 amide bonds. The van der Waals surface area contributed by atoms with Crippen molar-refractivity contribution in [3.05, 3.63) is 52.5 Å². The molecule has 0 unspecified atom stereocenters. The summed E-state index contributed by atoms with van der Waals surface area (Å²) in [6.07, 6.45) is 1.12. The van der Waals surface area contributed by atoms with E-state index in [9.17, 15) is 13.2 Å². The van der Waals surface area contributed by atoms with Crippen molar-refractivity contribution >= 4 is 53.5 Å². The minimum Gasteiger partial charge on any atom is -0.493 e. The number of rotatable bonds is 6. The third-order valence-corrected chi connectivity index (χ3v) is 7.32. The second-order valence-corrected chi connectivity index (χ2v) is 10.3. The summed E-state index contributed by atoms with van der Waals surface area (Å²) in [5, 5.41) is 1.44. The normalized spacial score (nSPS) is 11.6. The second kappa shape index (κ2) is 8.84. The van der Waals surface area contributed by atoms with E-state index in [2.05, 4.69) is 15.9 Å². The van der Waals surface area contributed by atoms with Crippen LogP contribution in [-0.4, -0.2) is 53.6 Å². The minimum atomic E-state index is -3.40. The summed E-state index contributed by atoms with van der Waals surface area (Å²) in [6.45, 7) is 0. The summed E-state index contributed by atoms with van der Waals surface area (Å²) in [5.74, 6) is 1.37. The topological polar surface area (TPSA) is 93.1 Å². The molecule has 0 fully saturated rings. The van der Waals surface area contributed by atoms with E-state index in [0.29, 0.717) is 44.1 Å². The number of fused-ring (bicyclic) bond motifs is 3. The Morgan fingerprint density at radius 3 is 1.97 bits per heavy atom. The van der Waals surface area contributed by atoms with Gasteiger partial charge in [-0.25, -0.2) is 8.42 Å². The number of halogens is 1. The molecule has 0 aliphatic carbocycles.